The Morgan fingerprint density at radius 2 is 2.06 bits per heavy atom. The van der Waals surface area contributed by atoms with E-state index in [2.05, 4.69) is 36.5 Å². The van der Waals surface area contributed by atoms with Gasteiger partial charge < -0.3 is 4.74 Å². The van der Waals surface area contributed by atoms with E-state index in [1.165, 1.54) is 36.8 Å². The molecule has 1 nitrogen and oxygen atoms in total. The van der Waals surface area contributed by atoms with Crippen LogP contribution in [0.1, 0.15) is 25.7 Å². The quantitative estimate of drug-likeness (QED) is 0.607. The van der Waals surface area contributed by atoms with Crippen LogP contribution in [0.15, 0.2) is 59.4 Å². The molecule has 86 valence electrons. The van der Waals surface area contributed by atoms with Crippen molar-refractivity contribution in [2.24, 2.45) is 5.41 Å². The topological polar surface area (TPSA) is 9.23 Å². The predicted octanol–water partition coefficient (Wildman–Crippen LogP) is 3.82. The van der Waals surface area contributed by atoms with E-state index in [-0.39, 0.29) is 11.5 Å². The molecule has 3 aliphatic carbocycles. The van der Waals surface area contributed by atoms with E-state index in [0.29, 0.717) is 0 Å². The van der Waals surface area contributed by atoms with Crippen LogP contribution in [0.2, 0.25) is 0 Å². The molecule has 0 bridgehead atoms. The smallest absolute Gasteiger partial charge is 0.136 e. The summed E-state index contributed by atoms with van der Waals surface area (Å²) >= 11 is 0. The van der Waals surface area contributed by atoms with Crippen molar-refractivity contribution in [3.8, 4) is 0 Å². The van der Waals surface area contributed by atoms with Gasteiger partial charge in [0.1, 0.15) is 6.10 Å². The standard InChI is InChI=1S/C16H16O/c1-2-6-14-12(4-1)7-10-16-9-3-5-13(16)8-11-17-15(14)16/h3,5,7-11,15H,1-2,4,6H2. The Labute approximate surface area is 102 Å². The van der Waals surface area contributed by atoms with Crippen molar-refractivity contribution in [1.29, 1.82) is 0 Å². The number of rotatable bonds is 0. The van der Waals surface area contributed by atoms with Gasteiger partial charge in [0.05, 0.1) is 11.7 Å². The second kappa shape index (κ2) is 3.25. The molecule has 4 rings (SSSR count). The van der Waals surface area contributed by atoms with Crippen LogP contribution >= 0.6 is 0 Å². The zero-order chi connectivity index (χ0) is 11.3. The van der Waals surface area contributed by atoms with Crippen molar-refractivity contribution < 1.29 is 4.74 Å². The predicted molar refractivity (Wildman–Crippen MR) is 68.3 cm³/mol. The van der Waals surface area contributed by atoms with Crippen LogP contribution < -0.4 is 0 Å². The van der Waals surface area contributed by atoms with Gasteiger partial charge in [-0.2, -0.15) is 0 Å². The molecule has 1 aliphatic heterocycles. The molecule has 2 atom stereocenters. The van der Waals surface area contributed by atoms with Gasteiger partial charge in [0.15, 0.2) is 0 Å². The van der Waals surface area contributed by atoms with Crippen LogP contribution in [0, 0.1) is 5.41 Å². The molecule has 1 heteroatoms. The van der Waals surface area contributed by atoms with E-state index in [9.17, 15) is 0 Å². The first-order valence-corrected chi connectivity index (χ1v) is 6.53. The first-order valence-electron chi connectivity index (χ1n) is 6.53. The normalized spacial score (nSPS) is 37.2. The van der Waals surface area contributed by atoms with Gasteiger partial charge in [0, 0.05) is 0 Å². The van der Waals surface area contributed by atoms with Gasteiger partial charge in [-0.05, 0) is 48.5 Å². The first kappa shape index (κ1) is 9.52. The summed E-state index contributed by atoms with van der Waals surface area (Å²) in [7, 11) is 0. The summed E-state index contributed by atoms with van der Waals surface area (Å²) in [6.07, 6.45) is 20.7. The lowest BCUT2D eigenvalue weighted by Gasteiger charge is -2.43. The fraction of sp³-hybridized carbons (Fsp3) is 0.375. The van der Waals surface area contributed by atoms with Gasteiger partial charge in [-0.25, -0.2) is 0 Å². The third kappa shape index (κ3) is 1.14. The Morgan fingerprint density at radius 1 is 1.12 bits per heavy atom. The molecule has 17 heavy (non-hydrogen) atoms. The van der Waals surface area contributed by atoms with Gasteiger partial charge in [-0.1, -0.05) is 30.4 Å². The Kier molecular flexibility index (Phi) is 1.82. The summed E-state index contributed by atoms with van der Waals surface area (Å²) in [6, 6.07) is 0. The number of hydrogen-bond acceptors (Lipinski definition) is 1. The van der Waals surface area contributed by atoms with Gasteiger partial charge in [-0.3, -0.25) is 0 Å². The molecule has 0 N–H and O–H groups in total. The minimum Gasteiger partial charge on any atom is -0.492 e. The van der Waals surface area contributed by atoms with E-state index in [1.54, 1.807) is 5.57 Å². The maximum Gasteiger partial charge on any atom is 0.136 e. The molecule has 0 amide bonds. The van der Waals surface area contributed by atoms with Gasteiger partial charge in [0.2, 0.25) is 0 Å². The van der Waals surface area contributed by atoms with Crippen molar-refractivity contribution in [3.05, 3.63) is 59.4 Å². The summed E-state index contributed by atoms with van der Waals surface area (Å²) in [5, 5.41) is 0. The largest absolute Gasteiger partial charge is 0.492 e. The molecule has 0 saturated carbocycles. The molecule has 0 radical (unpaired) electrons. The van der Waals surface area contributed by atoms with Crippen LogP contribution in [-0.2, 0) is 4.74 Å². The van der Waals surface area contributed by atoms with Crippen LogP contribution in [0.3, 0.4) is 0 Å². The molecule has 0 aromatic heterocycles. The minimum absolute atomic E-state index is 0.00488. The Hall–Kier alpha value is -1.50. The molecule has 0 aromatic rings. The van der Waals surface area contributed by atoms with E-state index >= 15 is 0 Å². The molecule has 0 aromatic carbocycles. The summed E-state index contributed by atoms with van der Waals surface area (Å²) in [5.74, 6) is 0. The number of ether oxygens (including phenoxy) is 1. The summed E-state index contributed by atoms with van der Waals surface area (Å²) in [5.41, 5.74) is 4.45. The third-order valence-corrected chi connectivity index (χ3v) is 4.48. The molecule has 4 aliphatic rings. The molecule has 1 spiro atoms. The molecule has 2 unspecified atom stereocenters. The van der Waals surface area contributed by atoms with E-state index < -0.39 is 0 Å². The Bertz CT molecular complexity index is 516. The van der Waals surface area contributed by atoms with Crippen molar-refractivity contribution in [2.75, 3.05) is 0 Å². The van der Waals surface area contributed by atoms with Crippen LogP contribution in [-0.4, -0.2) is 6.10 Å². The fourth-order valence-corrected chi connectivity index (χ4v) is 3.58. The van der Waals surface area contributed by atoms with Gasteiger partial charge in [0.25, 0.3) is 0 Å². The van der Waals surface area contributed by atoms with Crippen molar-refractivity contribution in [1.82, 2.24) is 0 Å². The monoisotopic (exact) mass is 224 g/mol. The SMILES string of the molecule is C1=CC23C=CC4=C(CCCC4)C2OC=CC3=C1. The lowest BCUT2D eigenvalue weighted by molar-refractivity contribution is 0.101. The number of fused-ring (bicyclic) bond motifs is 1. The lowest BCUT2D eigenvalue weighted by Crippen LogP contribution is -2.40. The average molecular weight is 224 g/mol. The molecule has 0 fully saturated rings. The molecular formula is C16H16O. The Morgan fingerprint density at radius 3 is 3.06 bits per heavy atom. The molecular weight excluding hydrogens is 208 g/mol. The minimum atomic E-state index is 0.00488. The average Bonchev–Trinajstić information content (AvgIpc) is 2.80. The maximum atomic E-state index is 5.97. The van der Waals surface area contributed by atoms with Crippen LogP contribution in [0.4, 0.5) is 0 Å². The van der Waals surface area contributed by atoms with Gasteiger partial charge in [-0.15, -0.1) is 0 Å². The highest BCUT2D eigenvalue weighted by molar-refractivity contribution is 5.54. The lowest BCUT2D eigenvalue weighted by atomic mass is 9.67. The first-order chi connectivity index (χ1) is 8.40. The third-order valence-electron chi connectivity index (χ3n) is 4.48. The number of hydrogen-bond donors (Lipinski definition) is 0. The Balaban J connectivity index is 1.88. The second-order valence-electron chi connectivity index (χ2n) is 5.32. The zero-order valence-corrected chi connectivity index (χ0v) is 9.86. The van der Waals surface area contributed by atoms with Crippen molar-refractivity contribution in [3.63, 3.8) is 0 Å². The van der Waals surface area contributed by atoms with E-state index in [0.717, 1.165) is 0 Å². The highest BCUT2D eigenvalue weighted by Gasteiger charge is 2.46. The summed E-state index contributed by atoms with van der Waals surface area (Å²) in [6.45, 7) is 0. The zero-order valence-electron chi connectivity index (χ0n) is 9.86. The highest BCUT2D eigenvalue weighted by Crippen LogP contribution is 2.51. The second-order valence-corrected chi connectivity index (χ2v) is 5.32. The summed E-state index contributed by atoms with van der Waals surface area (Å²) < 4.78 is 5.97. The van der Waals surface area contributed by atoms with Crippen molar-refractivity contribution in [2.45, 2.75) is 31.8 Å². The highest BCUT2D eigenvalue weighted by atomic mass is 16.5. The van der Waals surface area contributed by atoms with Gasteiger partial charge >= 0.3 is 0 Å². The fourth-order valence-electron chi connectivity index (χ4n) is 3.58. The van der Waals surface area contributed by atoms with Crippen LogP contribution in [0.5, 0.6) is 0 Å². The number of allylic oxidation sites excluding steroid dienone is 5. The van der Waals surface area contributed by atoms with E-state index in [1.807, 2.05) is 6.26 Å². The maximum absolute atomic E-state index is 5.97. The molecule has 1 heterocycles. The summed E-state index contributed by atoms with van der Waals surface area (Å²) in [4.78, 5) is 0. The van der Waals surface area contributed by atoms with Crippen LogP contribution in [0.25, 0.3) is 0 Å². The van der Waals surface area contributed by atoms with E-state index in [4.69, 9.17) is 4.74 Å². The molecule has 0 saturated heterocycles. The van der Waals surface area contributed by atoms with Crippen molar-refractivity contribution >= 4 is 0 Å².